The van der Waals surface area contributed by atoms with Gasteiger partial charge < -0.3 is 4.74 Å². The summed E-state index contributed by atoms with van der Waals surface area (Å²) in [5, 5.41) is 8.97. The van der Waals surface area contributed by atoms with Gasteiger partial charge in [0.2, 0.25) is 5.91 Å². The van der Waals surface area contributed by atoms with Crippen LogP contribution in [-0.2, 0) is 4.79 Å². The van der Waals surface area contributed by atoms with Gasteiger partial charge in [-0.2, -0.15) is 0 Å². The Kier molecular flexibility index (Phi) is 5.08. The minimum absolute atomic E-state index is 0.0986. The Morgan fingerprint density at radius 2 is 2.12 bits per heavy atom. The lowest BCUT2D eigenvalue weighted by molar-refractivity contribution is -0.129. The van der Waals surface area contributed by atoms with Gasteiger partial charge in [-0.25, -0.2) is 5.48 Å². The number of carbonyl (C=O) groups excluding carboxylic acids is 1. The van der Waals surface area contributed by atoms with Crippen LogP contribution >= 0.6 is 11.6 Å². The Morgan fingerprint density at radius 3 is 2.69 bits per heavy atom. The maximum Gasteiger partial charge on any atom is 0.243 e. The van der Waals surface area contributed by atoms with Crippen molar-refractivity contribution in [2.75, 3.05) is 0 Å². The molecule has 16 heavy (non-hydrogen) atoms. The number of ether oxygens (including phenoxy) is 1. The molecule has 1 atom stereocenters. The summed E-state index contributed by atoms with van der Waals surface area (Å²) in [6, 6.07) is 7.02. The third-order valence-electron chi connectivity index (χ3n) is 2.05. The molecule has 0 saturated carbocycles. The van der Waals surface area contributed by atoms with E-state index in [0.29, 0.717) is 17.2 Å². The van der Waals surface area contributed by atoms with Crippen molar-refractivity contribution in [2.45, 2.75) is 25.9 Å². The molecule has 0 aromatic heterocycles. The number of hydroxylamine groups is 1. The van der Waals surface area contributed by atoms with E-state index in [-0.39, 0.29) is 12.5 Å². The Balaban J connectivity index is 2.36. The van der Waals surface area contributed by atoms with Gasteiger partial charge in [-0.15, -0.1) is 0 Å². The van der Waals surface area contributed by atoms with Crippen LogP contribution < -0.4 is 10.2 Å². The zero-order chi connectivity index (χ0) is 12.0. The summed E-state index contributed by atoms with van der Waals surface area (Å²) in [6.07, 6.45) is 0.666. The topological polar surface area (TPSA) is 58.6 Å². The number of nitrogens with one attached hydrogen (secondary N) is 1. The monoisotopic (exact) mass is 243 g/mol. The van der Waals surface area contributed by atoms with E-state index in [9.17, 15) is 4.79 Å². The summed E-state index contributed by atoms with van der Waals surface area (Å²) in [7, 11) is 0. The van der Waals surface area contributed by atoms with Crippen LogP contribution in [0.3, 0.4) is 0 Å². The molecule has 1 aromatic rings. The number of hydrogen-bond donors (Lipinski definition) is 2. The quantitative estimate of drug-likeness (QED) is 0.617. The molecule has 88 valence electrons. The van der Waals surface area contributed by atoms with Gasteiger partial charge in [0.15, 0.2) is 0 Å². The van der Waals surface area contributed by atoms with Crippen molar-refractivity contribution < 1.29 is 14.7 Å². The van der Waals surface area contributed by atoms with Gasteiger partial charge >= 0.3 is 0 Å². The Hall–Kier alpha value is -1.26. The average Bonchev–Trinajstić information content (AvgIpc) is 2.29. The van der Waals surface area contributed by atoms with Crippen molar-refractivity contribution in [3.63, 3.8) is 0 Å². The van der Waals surface area contributed by atoms with Crippen molar-refractivity contribution in [2.24, 2.45) is 0 Å². The summed E-state index contributed by atoms with van der Waals surface area (Å²) in [5.41, 5.74) is 1.58. The van der Waals surface area contributed by atoms with Crippen LogP contribution in [0.1, 0.15) is 19.8 Å². The lowest BCUT2D eigenvalue weighted by Gasteiger charge is -2.13. The Bertz CT molecular complexity index is 340. The number of hydrogen-bond acceptors (Lipinski definition) is 3. The highest BCUT2D eigenvalue weighted by atomic mass is 35.5. The van der Waals surface area contributed by atoms with E-state index in [0.717, 1.165) is 0 Å². The normalized spacial score (nSPS) is 11.9. The first kappa shape index (κ1) is 12.8. The number of halogens is 1. The van der Waals surface area contributed by atoms with Crippen LogP contribution in [0.5, 0.6) is 5.75 Å². The summed E-state index contributed by atoms with van der Waals surface area (Å²) in [5.74, 6) is 0.299. The molecule has 0 radical (unpaired) electrons. The first-order chi connectivity index (χ1) is 7.61. The zero-order valence-corrected chi connectivity index (χ0v) is 9.70. The van der Waals surface area contributed by atoms with Crippen molar-refractivity contribution in [1.82, 2.24) is 5.48 Å². The SMILES string of the molecule is CC(CCC(=O)NO)Oc1ccc(Cl)cc1. The fourth-order valence-corrected chi connectivity index (χ4v) is 1.32. The summed E-state index contributed by atoms with van der Waals surface area (Å²) < 4.78 is 5.54. The maximum absolute atomic E-state index is 10.8. The minimum Gasteiger partial charge on any atom is -0.491 e. The highest BCUT2D eigenvalue weighted by molar-refractivity contribution is 6.30. The molecule has 0 aliphatic rings. The van der Waals surface area contributed by atoms with E-state index in [1.807, 2.05) is 6.92 Å². The maximum atomic E-state index is 10.8. The fourth-order valence-electron chi connectivity index (χ4n) is 1.19. The number of carbonyl (C=O) groups is 1. The lowest BCUT2D eigenvalue weighted by Crippen LogP contribution is -2.21. The minimum atomic E-state index is -0.411. The van der Waals surface area contributed by atoms with E-state index in [1.165, 1.54) is 0 Å². The second kappa shape index (κ2) is 6.35. The molecule has 5 heteroatoms. The zero-order valence-electron chi connectivity index (χ0n) is 8.94. The third-order valence-corrected chi connectivity index (χ3v) is 2.31. The van der Waals surface area contributed by atoms with Crippen LogP contribution in [0.25, 0.3) is 0 Å². The van der Waals surface area contributed by atoms with Crippen LogP contribution in [0.4, 0.5) is 0 Å². The highest BCUT2D eigenvalue weighted by Crippen LogP contribution is 2.17. The molecule has 0 saturated heterocycles. The molecule has 0 bridgehead atoms. The van der Waals surface area contributed by atoms with Gasteiger partial charge in [-0.1, -0.05) is 11.6 Å². The van der Waals surface area contributed by atoms with Crippen molar-refractivity contribution in [3.05, 3.63) is 29.3 Å². The van der Waals surface area contributed by atoms with Crippen LogP contribution in [0.2, 0.25) is 5.02 Å². The first-order valence-corrected chi connectivity index (χ1v) is 5.35. The Labute approximate surface area is 99.1 Å². The molecule has 0 spiro atoms. The van der Waals surface area contributed by atoms with Gasteiger partial charge in [-0.05, 0) is 37.6 Å². The molecule has 1 aromatic carbocycles. The molecule has 1 rings (SSSR count). The first-order valence-electron chi connectivity index (χ1n) is 4.97. The fraction of sp³-hybridized carbons (Fsp3) is 0.364. The third kappa shape index (κ3) is 4.51. The van der Waals surface area contributed by atoms with Crippen molar-refractivity contribution >= 4 is 17.5 Å². The molecule has 0 aliphatic heterocycles. The van der Waals surface area contributed by atoms with Crippen LogP contribution in [-0.4, -0.2) is 17.2 Å². The largest absolute Gasteiger partial charge is 0.491 e. The van der Waals surface area contributed by atoms with E-state index in [1.54, 1.807) is 29.7 Å². The van der Waals surface area contributed by atoms with Gasteiger partial charge in [0.25, 0.3) is 0 Å². The molecule has 0 fully saturated rings. The predicted octanol–water partition coefficient (Wildman–Crippen LogP) is 2.39. The smallest absolute Gasteiger partial charge is 0.243 e. The number of benzene rings is 1. The van der Waals surface area contributed by atoms with E-state index < -0.39 is 5.91 Å². The molecule has 0 aliphatic carbocycles. The molecular weight excluding hydrogens is 230 g/mol. The second-order valence-corrected chi connectivity index (χ2v) is 3.89. The standard InChI is InChI=1S/C11H14ClNO3/c1-8(2-7-11(14)13-15)16-10-5-3-9(12)4-6-10/h3-6,8,15H,2,7H2,1H3,(H,13,14). The van der Waals surface area contributed by atoms with Crippen LogP contribution in [0.15, 0.2) is 24.3 Å². The highest BCUT2D eigenvalue weighted by Gasteiger charge is 2.07. The second-order valence-electron chi connectivity index (χ2n) is 3.46. The summed E-state index contributed by atoms with van der Waals surface area (Å²) in [4.78, 5) is 10.8. The molecule has 0 heterocycles. The molecular formula is C11H14ClNO3. The van der Waals surface area contributed by atoms with E-state index in [2.05, 4.69) is 0 Å². The van der Waals surface area contributed by atoms with Gasteiger partial charge in [0, 0.05) is 11.4 Å². The van der Waals surface area contributed by atoms with Gasteiger partial charge in [-0.3, -0.25) is 10.0 Å². The molecule has 1 unspecified atom stereocenters. The van der Waals surface area contributed by atoms with E-state index in [4.69, 9.17) is 21.5 Å². The Morgan fingerprint density at radius 1 is 1.50 bits per heavy atom. The molecule has 1 amide bonds. The van der Waals surface area contributed by atoms with Crippen molar-refractivity contribution in [1.29, 1.82) is 0 Å². The van der Waals surface area contributed by atoms with Gasteiger partial charge in [0.1, 0.15) is 5.75 Å². The number of rotatable bonds is 5. The van der Waals surface area contributed by atoms with Crippen molar-refractivity contribution in [3.8, 4) is 5.75 Å². The number of amides is 1. The summed E-state index contributed by atoms with van der Waals surface area (Å²) in [6.45, 7) is 1.86. The summed E-state index contributed by atoms with van der Waals surface area (Å²) >= 11 is 5.73. The average molecular weight is 244 g/mol. The van der Waals surface area contributed by atoms with Crippen LogP contribution in [0, 0.1) is 0 Å². The predicted molar refractivity (Wildman–Crippen MR) is 60.7 cm³/mol. The van der Waals surface area contributed by atoms with E-state index >= 15 is 0 Å². The molecule has 2 N–H and O–H groups in total. The van der Waals surface area contributed by atoms with Gasteiger partial charge in [0.05, 0.1) is 6.10 Å². The lowest BCUT2D eigenvalue weighted by atomic mass is 10.2. The molecule has 4 nitrogen and oxygen atoms in total.